The number of piperidine rings is 1. The summed E-state index contributed by atoms with van der Waals surface area (Å²) >= 11 is 0. The van der Waals surface area contributed by atoms with Crippen LogP contribution in [-0.4, -0.2) is 59.0 Å². The monoisotopic (exact) mass is 356 g/mol. The van der Waals surface area contributed by atoms with Crippen molar-refractivity contribution >= 4 is 16.9 Å². The van der Waals surface area contributed by atoms with Crippen LogP contribution >= 0.6 is 0 Å². The summed E-state index contributed by atoms with van der Waals surface area (Å²) in [4.78, 5) is 22.1. The molecule has 1 aromatic carbocycles. The molecule has 0 aliphatic carbocycles. The highest BCUT2D eigenvalue weighted by Gasteiger charge is 2.27. The van der Waals surface area contributed by atoms with Crippen LogP contribution in [0.25, 0.3) is 11.0 Å². The van der Waals surface area contributed by atoms with Crippen molar-refractivity contribution in [1.29, 1.82) is 0 Å². The number of carbonyl (C=O) groups is 1. The van der Waals surface area contributed by atoms with Gasteiger partial charge >= 0.3 is 0 Å². The predicted octanol–water partition coefficient (Wildman–Crippen LogP) is 3.04. The van der Waals surface area contributed by atoms with Crippen molar-refractivity contribution in [3.8, 4) is 0 Å². The lowest BCUT2D eigenvalue weighted by atomic mass is 9.96. The normalized spacial score (nSPS) is 19.3. The van der Waals surface area contributed by atoms with Crippen molar-refractivity contribution in [3.63, 3.8) is 0 Å². The third-order valence-corrected chi connectivity index (χ3v) is 5.38. The maximum Gasteiger partial charge on any atom is 0.227 e. The Labute approximate surface area is 157 Å². The molecule has 0 N–H and O–H groups in total. The molecule has 1 fully saturated rings. The van der Waals surface area contributed by atoms with Gasteiger partial charge in [0.05, 0.1) is 17.0 Å². The van der Waals surface area contributed by atoms with E-state index in [0.717, 1.165) is 49.3 Å². The summed E-state index contributed by atoms with van der Waals surface area (Å²) < 4.78 is 2.24. The van der Waals surface area contributed by atoms with Crippen molar-refractivity contribution in [2.45, 2.75) is 39.7 Å². The van der Waals surface area contributed by atoms with Crippen molar-refractivity contribution in [2.75, 3.05) is 33.7 Å². The van der Waals surface area contributed by atoms with E-state index >= 15 is 0 Å². The number of rotatable bonds is 6. The van der Waals surface area contributed by atoms with Gasteiger partial charge in [-0.25, -0.2) is 4.98 Å². The minimum absolute atomic E-state index is 0.0315. The molecule has 1 saturated heterocycles. The average Bonchev–Trinajstić information content (AvgIpc) is 2.98. The van der Waals surface area contributed by atoms with E-state index in [9.17, 15) is 4.79 Å². The van der Waals surface area contributed by atoms with E-state index in [4.69, 9.17) is 4.98 Å². The van der Waals surface area contributed by atoms with E-state index < -0.39 is 0 Å². The molecule has 2 aromatic rings. The van der Waals surface area contributed by atoms with Gasteiger partial charge < -0.3 is 14.4 Å². The molecule has 2 heterocycles. The van der Waals surface area contributed by atoms with Gasteiger partial charge in [-0.15, -0.1) is 0 Å². The number of imidazole rings is 1. The maximum atomic E-state index is 13.1. The van der Waals surface area contributed by atoms with E-state index in [0.29, 0.717) is 12.5 Å². The summed E-state index contributed by atoms with van der Waals surface area (Å²) in [5, 5.41) is 0. The molecular formula is C21H32N4O. The van der Waals surface area contributed by atoms with Crippen LogP contribution in [0.2, 0.25) is 0 Å². The second-order valence-electron chi connectivity index (χ2n) is 7.94. The standard InChI is InChI=1S/C21H32N4O/c1-5-20-22-18-10-6-7-11-19(18)25(20)13-16(2)21(26)24-12-8-9-17(15-24)14-23(3)4/h6-7,10-11,16-17H,5,8-9,12-15H2,1-4H3/t16-,17-/m0/s1. The van der Waals surface area contributed by atoms with Crippen LogP contribution in [0.1, 0.15) is 32.5 Å². The molecule has 0 bridgehead atoms. The molecule has 5 nitrogen and oxygen atoms in total. The molecule has 0 unspecified atom stereocenters. The highest BCUT2D eigenvalue weighted by Crippen LogP contribution is 2.22. The molecule has 142 valence electrons. The van der Waals surface area contributed by atoms with Crippen molar-refractivity contribution < 1.29 is 4.79 Å². The molecule has 5 heteroatoms. The zero-order chi connectivity index (χ0) is 18.7. The number of para-hydroxylation sites is 2. The number of hydrogen-bond acceptors (Lipinski definition) is 3. The Morgan fingerprint density at radius 3 is 2.85 bits per heavy atom. The lowest BCUT2D eigenvalue weighted by Gasteiger charge is -2.35. The molecule has 1 amide bonds. The number of carbonyl (C=O) groups excluding carboxylic acids is 1. The number of benzene rings is 1. The zero-order valence-electron chi connectivity index (χ0n) is 16.6. The summed E-state index contributed by atoms with van der Waals surface area (Å²) in [6.45, 7) is 7.75. The fourth-order valence-electron chi connectivity index (χ4n) is 4.19. The van der Waals surface area contributed by atoms with E-state index in [-0.39, 0.29) is 11.8 Å². The largest absolute Gasteiger partial charge is 0.342 e. The Morgan fingerprint density at radius 2 is 2.12 bits per heavy atom. The zero-order valence-corrected chi connectivity index (χ0v) is 16.6. The Hall–Kier alpha value is -1.88. The van der Waals surface area contributed by atoms with Gasteiger partial charge in [0.25, 0.3) is 0 Å². The lowest BCUT2D eigenvalue weighted by molar-refractivity contribution is -0.137. The SMILES string of the molecule is CCc1nc2ccccc2n1C[C@H](C)C(=O)N1CCC[C@@H](CN(C)C)C1. The van der Waals surface area contributed by atoms with Gasteiger partial charge in [0.2, 0.25) is 5.91 Å². The third-order valence-electron chi connectivity index (χ3n) is 5.38. The smallest absolute Gasteiger partial charge is 0.227 e. The molecule has 1 aliphatic rings. The van der Waals surface area contributed by atoms with Gasteiger partial charge in [-0.05, 0) is 45.0 Å². The molecule has 0 saturated carbocycles. The first-order valence-electron chi connectivity index (χ1n) is 9.87. The van der Waals surface area contributed by atoms with Crippen molar-refractivity contribution in [3.05, 3.63) is 30.1 Å². The maximum absolute atomic E-state index is 13.1. The van der Waals surface area contributed by atoms with Crippen LogP contribution in [0.15, 0.2) is 24.3 Å². The number of aromatic nitrogens is 2. The fourth-order valence-corrected chi connectivity index (χ4v) is 4.19. The minimum Gasteiger partial charge on any atom is -0.342 e. The number of fused-ring (bicyclic) bond motifs is 1. The fraction of sp³-hybridized carbons (Fsp3) is 0.619. The molecule has 1 aromatic heterocycles. The summed E-state index contributed by atoms with van der Waals surface area (Å²) in [5.41, 5.74) is 2.15. The van der Waals surface area contributed by atoms with Crippen LogP contribution in [0, 0.1) is 11.8 Å². The number of nitrogens with zero attached hydrogens (tertiary/aromatic N) is 4. The van der Waals surface area contributed by atoms with E-state index in [1.54, 1.807) is 0 Å². The van der Waals surface area contributed by atoms with Gasteiger partial charge in [0, 0.05) is 32.6 Å². The quantitative estimate of drug-likeness (QED) is 0.799. The highest BCUT2D eigenvalue weighted by molar-refractivity contribution is 5.79. The van der Waals surface area contributed by atoms with Crippen LogP contribution in [0.4, 0.5) is 0 Å². The Bertz CT molecular complexity index is 752. The Morgan fingerprint density at radius 1 is 1.35 bits per heavy atom. The molecule has 0 radical (unpaired) electrons. The van der Waals surface area contributed by atoms with Gasteiger partial charge in [0.1, 0.15) is 5.82 Å². The molecule has 0 spiro atoms. The second kappa shape index (κ2) is 8.21. The van der Waals surface area contributed by atoms with Crippen LogP contribution < -0.4 is 0 Å². The topological polar surface area (TPSA) is 41.4 Å². The van der Waals surface area contributed by atoms with Crippen molar-refractivity contribution in [1.82, 2.24) is 19.4 Å². The summed E-state index contributed by atoms with van der Waals surface area (Å²) in [5.74, 6) is 1.91. The van der Waals surface area contributed by atoms with Crippen molar-refractivity contribution in [2.24, 2.45) is 11.8 Å². The summed E-state index contributed by atoms with van der Waals surface area (Å²) in [6.07, 6.45) is 3.22. The molecular weight excluding hydrogens is 324 g/mol. The summed E-state index contributed by atoms with van der Waals surface area (Å²) in [6, 6.07) is 8.22. The number of amides is 1. The minimum atomic E-state index is -0.0315. The number of likely N-dealkylation sites (tertiary alicyclic amines) is 1. The third kappa shape index (κ3) is 4.09. The van der Waals surface area contributed by atoms with Gasteiger partial charge in [-0.3, -0.25) is 4.79 Å². The molecule has 26 heavy (non-hydrogen) atoms. The summed E-state index contributed by atoms with van der Waals surface area (Å²) in [7, 11) is 4.22. The average molecular weight is 357 g/mol. The first-order valence-corrected chi connectivity index (χ1v) is 9.87. The molecule has 2 atom stereocenters. The highest BCUT2D eigenvalue weighted by atomic mass is 16.2. The number of hydrogen-bond donors (Lipinski definition) is 0. The van der Waals surface area contributed by atoms with Crippen LogP contribution in [0.3, 0.4) is 0 Å². The van der Waals surface area contributed by atoms with E-state index in [1.165, 1.54) is 6.42 Å². The Kier molecular flexibility index (Phi) is 5.97. The van der Waals surface area contributed by atoms with Crippen LogP contribution in [-0.2, 0) is 17.8 Å². The van der Waals surface area contributed by atoms with Crippen LogP contribution in [0.5, 0.6) is 0 Å². The lowest BCUT2D eigenvalue weighted by Crippen LogP contribution is -2.45. The van der Waals surface area contributed by atoms with Gasteiger partial charge in [0.15, 0.2) is 0 Å². The van der Waals surface area contributed by atoms with E-state index in [2.05, 4.69) is 48.4 Å². The molecule has 1 aliphatic heterocycles. The van der Waals surface area contributed by atoms with Gasteiger partial charge in [-0.2, -0.15) is 0 Å². The van der Waals surface area contributed by atoms with Gasteiger partial charge in [-0.1, -0.05) is 26.0 Å². The first-order chi connectivity index (χ1) is 12.5. The van der Waals surface area contributed by atoms with E-state index in [1.807, 2.05) is 18.2 Å². The number of aryl methyl sites for hydroxylation is 1. The molecule has 3 rings (SSSR count). The Balaban J connectivity index is 1.71. The second-order valence-corrected chi connectivity index (χ2v) is 7.94. The predicted molar refractivity (Wildman–Crippen MR) is 106 cm³/mol. The first kappa shape index (κ1) is 18.9.